The summed E-state index contributed by atoms with van der Waals surface area (Å²) in [5, 5.41) is 3.48. The molecule has 1 fully saturated rings. The Bertz CT molecular complexity index is 318. The lowest BCUT2D eigenvalue weighted by Crippen LogP contribution is -2.32. The van der Waals surface area contributed by atoms with Gasteiger partial charge in [-0.15, -0.1) is 0 Å². The molecular weight excluding hydrogens is 222 g/mol. The standard InChI is InChI=1S/C15H25N3/c1-2-3-8-15(14-7-4-5-10-17-14)18-12-6-9-16-11-13-18/h4-5,7,10,15-16H,2-3,6,8-9,11-13H2,1H3. The van der Waals surface area contributed by atoms with Crippen LogP contribution < -0.4 is 5.32 Å². The molecule has 0 radical (unpaired) electrons. The largest absolute Gasteiger partial charge is 0.315 e. The molecule has 1 aromatic heterocycles. The molecule has 3 nitrogen and oxygen atoms in total. The van der Waals surface area contributed by atoms with E-state index in [1.54, 1.807) is 0 Å². The predicted molar refractivity (Wildman–Crippen MR) is 75.6 cm³/mol. The minimum absolute atomic E-state index is 0.506. The lowest BCUT2D eigenvalue weighted by Gasteiger charge is -2.30. The molecule has 1 aliphatic heterocycles. The molecular formula is C15H25N3. The predicted octanol–water partition coefficient (Wildman–Crippen LogP) is 2.61. The molecule has 1 aromatic rings. The van der Waals surface area contributed by atoms with Crippen molar-refractivity contribution in [1.82, 2.24) is 15.2 Å². The SMILES string of the molecule is CCCCC(c1ccccn1)N1CCCNCC1. The monoisotopic (exact) mass is 247 g/mol. The number of nitrogens with one attached hydrogen (secondary N) is 1. The molecule has 0 aliphatic carbocycles. The summed E-state index contributed by atoms with van der Waals surface area (Å²) in [5.74, 6) is 0. The van der Waals surface area contributed by atoms with Crippen LogP contribution in [0.1, 0.15) is 44.3 Å². The van der Waals surface area contributed by atoms with Crippen molar-refractivity contribution in [3.63, 3.8) is 0 Å². The summed E-state index contributed by atoms with van der Waals surface area (Å²) in [7, 11) is 0. The van der Waals surface area contributed by atoms with Crippen molar-refractivity contribution in [2.24, 2.45) is 0 Å². The Hall–Kier alpha value is -0.930. The molecule has 0 saturated carbocycles. The highest BCUT2D eigenvalue weighted by molar-refractivity contribution is 5.09. The summed E-state index contributed by atoms with van der Waals surface area (Å²) in [4.78, 5) is 7.18. The second kappa shape index (κ2) is 7.49. The third-order valence-electron chi connectivity index (χ3n) is 3.68. The average molecular weight is 247 g/mol. The fourth-order valence-corrected chi connectivity index (χ4v) is 2.67. The lowest BCUT2D eigenvalue weighted by molar-refractivity contribution is 0.193. The molecule has 1 saturated heterocycles. The first kappa shape index (κ1) is 13.5. The number of hydrogen-bond acceptors (Lipinski definition) is 3. The first-order valence-corrected chi connectivity index (χ1v) is 7.27. The van der Waals surface area contributed by atoms with Gasteiger partial charge in [-0.25, -0.2) is 0 Å². The van der Waals surface area contributed by atoms with Crippen LogP contribution >= 0.6 is 0 Å². The molecule has 1 unspecified atom stereocenters. The second-order valence-corrected chi connectivity index (χ2v) is 5.05. The normalized spacial score (nSPS) is 19.4. The van der Waals surface area contributed by atoms with Crippen LogP contribution in [0.2, 0.25) is 0 Å². The number of aromatic nitrogens is 1. The molecule has 100 valence electrons. The van der Waals surface area contributed by atoms with Gasteiger partial charge in [-0.1, -0.05) is 25.8 Å². The summed E-state index contributed by atoms with van der Waals surface area (Å²) >= 11 is 0. The Labute approximate surface area is 111 Å². The molecule has 1 aliphatic rings. The van der Waals surface area contributed by atoms with Gasteiger partial charge in [-0.3, -0.25) is 9.88 Å². The summed E-state index contributed by atoms with van der Waals surface area (Å²) in [6, 6.07) is 6.80. The van der Waals surface area contributed by atoms with E-state index in [1.165, 1.54) is 37.9 Å². The highest BCUT2D eigenvalue weighted by atomic mass is 15.2. The molecule has 0 spiro atoms. The van der Waals surface area contributed by atoms with E-state index in [4.69, 9.17) is 0 Å². The van der Waals surface area contributed by atoms with Gasteiger partial charge in [0.15, 0.2) is 0 Å². The van der Waals surface area contributed by atoms with E-state index in [2.05, 4.69) is 34.3 Å². The minimum Gasteiger partial charge on any atom is -0.315 e. The maximum Gasteiger partial charge on any atom is 0.0575 e. The van der Waals surface area contributed by atoms with E-state index in [0.29, 0.717) is 6.04 Å². The van der Waals surface area contributed by atoms with E-state index in [0.717, 1.165) is 19.6 Å². The van der Waals surface area contributed by atoms with Gasteiger partial charge in [-0.05, 0) is 31.5 Å². The van der Waals surface area contributed by atoms with Crippen LogP contribution in [0.4, 0.5) is 0 Å². The Balaban J connectivity index is 2.08. The van der Waals surface area contributed by atoms with E-state index in [-0.39, 0.29) is 0 Å². The fraction of sp³-hybridized carbons (Fsp3) is 0.667. The molecule has 1 N–H and O–H groups in total. The Morgan fingerprint density at radius 1 is 1.33 bits per heavy atom. The van der Waals surface area contributed by atoms with E-state index < -0.39 is 0 Å². The smallest absolute Gasteiger partial charge is 0.0575 e. The van der Waals surface area contributed by atoms with Gasteiger partial charge >= 0.3 is 0 Å². The topological polar surface area (TPSA) is 28.2 Å². The van der Waals surface area contributed by atoms with Gasteiger partial charge in [0.2, 0.25) is 0 Å². The quantitative estimate of drug-likeness (QED) is 0.867. The first-order chi connectivity index (χ1) is 8.92. The van der Waals surface area contributed by atoms with Crippen LogP contribution in [0.3, 0.4) is 0 Å². The van der Waals surface area contributed by atoms with Crippen molar-refractivity contribution >= 4 is 0 Å². The van der Waals surface area contributed by atoms with Crippen molar-refractivity contribution in [3.05, 3.63) is 30.1 Å². The van der Waals surface area contributed by atoms with Crippen molar-refractivity contribution in [2.75, 3.05) is 26.2 Å². The number of rotatable bonds is 5. The van der Waals surface area contributed by atoms with Gasteiger partial charge in [0.05, 0.1) is 11.7 Å². The maximum absolute atomic E-state index is 4.58. The van der Waals surface area contributed by atoms with Crippen LogP contribution in [0.5, 0.6) is 0 Å². The van der Waals surface area contributed by atoms with Gasteiger partial charge in [0.25, 0.3) is 0 Å². The average Bonchev–Trinajstić information content (AvgIpc) is 2.70. The molecule has 0 bridgehead atoms. The van der Waals surface area contributed by atoms with Crippen LogP contribution in [-0.4, -0.2) is 36.1 Å². The number of pyridine rings is 1. The van der Waals surface area contributed by atoms with E-state index >= 15 is 0 Å². The number of hydrogen-bond donors (Lipinski definition) is 1. The van der Waals surface area contributed by atoms with Crippen molar-refractivity contribution in [1.29, 1.82) is 0 Å². The van der Waals surface area contributed by atoms with Crippen LogP contribution in [0.25, 0.3) is 0 Å². The minimum atomic E-state index is 0.506. The van der Waals surface area contributed by atoms with Gasteiger partial charge in [-0.2, -0.15) is 0 Å². The van der Waals surface area contributed by atoms with Crippen molar-refractivity contribution in [3.8, 4) is 0 Å². The third kappa shape index (κ3) is 3.79. The van der Waals surface area contributed by atoms with Gasteiger partial charge < -0.3 is 5.32 Å². The molecule has 0 amide bonds. The second-order valence-electron chi connectivity index (χ2n) is 5.05. The molecule has 0 aromatic carbocycles. The molecule has 3 heteroatoms. The third-order valence-corrected chi connectivity index (χ3v) is 3.68. The zero-order valence-electron chi connectivity index (χ0n) is 11.4. The van der Waals surface area contributed by atoms with Crippen LogP contribution in [0.15, 0.2) is 24.4 Å². The Morgan fingerprint density at radius 2 is 2.28 bits per heavy atom. The maximum atomic E-state index is 4.58. The molecule has 2 heterocycles. The molecule has 1 atom stereocenters. The van der Waals surface area contributed by atoms with E-state index in [9.17, 15) is 0 Å². The van der Waals surface area contributed by atoms with E-state index in [1.807, 2.05) is 12.3 Å². The summed E-state index contributed by atoms with van der Waals surface area (Å²) < 4.78 is 0. The number of nitrogens with zero attached hydrogens (tertiary/aromatic N) is 2. The Kier molecular flexibility index (Phi) is 5.62. The number of unbranched alkanes of at least 4 members (excludes halogenated alkanes) is 1. The zero-order chi connectivity index (χ0) is 12.6. The highest BCUT2D eigenvalue weighted by Gasteiger charge is 2.21. The highest BCUT2D eigenvalue weighted by Crippen LogP contribution is 2.25. The first-order valence-electron chi connectivity index (χ1n) is 7.27. The summed E-state index contributed by atoms with van der Waals surface area (Å²) in [5.41, 5.74) is 1.24. The van der Waals surface area contributed by atoms with Crippen molar-refractivity contribution in [2.45, 2.75) is 38.6 Å². The van der Waals surface area contributed by atoms with Crippen LogP contribution in [0, 0.1) is 0 Å². The Morgan fingerprint density at radius 3 is 3.06 bits per heavy atom. The van der Waals surface area contributed by atoms with Crippen LogP contribution in [-0.2, 0) is 0 Å². The lowest BCUT2D eigenvalue weighted by atomic mass is 10.0. The summed E-state index contributed by atoms with van der Waals surface area (Å²) in [6.45, 7) is 6.86. The van der Waals surface area contributed by atoms with Gasteiger partial charge in [0.1, 0.15) is 0 Å². The summed E-state index contributed by atoms with van der Waals surface area (Å²) in [6.07, 6.45) is 6.94. The van der Waals surface area contributed by atoms with Gasteiger partial charge in [0, 0.05) is 25.8 Å². The van der Waals surface area contributed by atoms with Crippen molar-refractivity contribution < 1.29 is 0 Å². The fourth-order valence-electron chi connectivity index (χ4n) is 2.67. The molecule has 18 heavy (non-hydrogen) atoms. The zero-order valence-corrected chi connectivity index (χ0v) is 11.4. The molecule has 2 rings (SSSR count).